The van der Waals surface area contributed by atoms with Crippen LogP contribution in [0.2, 0.25) is 0 Å². The van der Waals surface area contributed by atoms with Gasteiger partial charge >= 0.3 is 5.97 Å². The van der Waals surface area contributed by atoms with E-state index in [4.69, 9.17) is 32.7 Å². The van der Waals surface area contributed by atoms with Crippen molar-refractivity contribution in [1.82, 2.24) is 0 Å². The van der Waals surface area contributed by atoms with Gasteiger partial charge in [0.1, 0.15) is 19.8 Å². The normalized spacial score (nSPS) is 14.6. The Morgan fingerprint density at radius 3 is 2.19 bits per heavy atom. The quantitative estimate of drug-likeness (QED) is 0.444. The van der Waals surface area contributed by atoms with Gasteiger partial charge in [-0.15, -0.1) is 0 Å². The Morgan fingerprint density at radius 1 is 1.31 bits per heavy atom. The molecule has 1 atom stereocenters. The molecule has 0 N–H and O–H groups in total. The van der Waals surface area contributed by atoms with E-state index in [1.165, 1.54) is 0 Å². The molecule has 0 aromatic rings. The molecule has 0 aromatic carbocycles. The Labute approximate surface area is 106 Å². The first kappa shape index (κ1) is 16.2. The van der Waals surface area contributed by atoms with Crippen LogP contribution in [0.4, 0.5) is 0 Å². The van der Waals surface area contributed by atoms with Crippen LogP contribution in [0.25, 0.3) is 0 Å². The highest BCUT2D eigenvalue weighted by atomic mass is 35.5. The summed E-state index contributed by atoms with van der Waals surface area (Å²) in [6, 6.07) is 0. The van der Waals surface area contributed by atoms with Crippen molar-refractivity contribution in [2.45, 2.75) is 37.4 Å². The summed E-state index contributed by atoms with van der Waals surface area (Å²) in [4.78, 5) is 11.6. The zero-order valence-electron chi connectivity index (χ0n) is 9.80. The highest BCUT2D eigenvalue weighted by Gasteiger charge is 2.43. The molecule has 0 saturated heterocycles. The van der Waals surface area contributed by atoms with E-state index in [-0.39, 0.29) is 6.35 Å². The topological polar surface area (TPSA) is 52.6 Å². The number of esters is 1. The minimum atomic E-state index is -2.62. The number of rotatable bonds is 5. The molecule has 0 spiro atoms. The van der Waals surface area contributed by atoms with E-state index in [1.54, 1.807) is 27.7 Å². The molecule has 0 fully saturated rings. The number of hydrogen-bond acceptors (Lipinski definition) is 4. The fourth-order valence-electron chi connectivity index (χ4n) is 0.741. The van der Waals surface area contributed by atoms with E-state index in [0.29, 0.717) is 6.61 Å². The maximum Gasteiger partial charge on any atom is 0.350 e. The van der Waals surface area contributed by atoms with E-state index in [0.717, 1.165) is 0 Å². The second kappa shape index (κ2) is 6.25. The zero-order chi connectivity index (χ0) is 13.0. The minimum absolute atomic E-state index is 0.132. The summed E-state index contributed by atoms with van der Waals surface area (Å²) in [5.74, 6) is -0.896. The number of alkyl halides is 2. The van der Waals surface area contributed by atoms with Gasteiger partial charge in [0.2, 0.25) is 0 Å². The summed E-state index contributed by atoms with van der Waals surface area (Å²) in [6.07, 6.45) is -0.132. The van der Waals surface area contributed by atoms with Crippen molar-refractivity contribution in [1.29, 1.82) is 0 Å². The summed E-state index contributed by atoms with van der Waals surface area (Å²) in [5, 5.41) is 0. The van der Waals surface area contributed by atoms with Crippen molar-refractivity contribution in [3.05, 3.63) is 0 Å². The molecular weight excluding hydrogens is 274 g/mol. The molecule has 0 heterocycles. The molecule has 96 valence electrons. The SMILES string of the molecule is CCOC[PH](=O)C(Cl)(Cl)C(=O)OC(C)(C)C. The van der Waals surface area contributed by atoms with Crippen LogP contribution in [0.15, 0.2) is 0 Å². The predicted molar refractivity (Wildman–Crippen MR) is 65.8 cm³/mol. The first-order valence-corrected chi connectivity index (χ1v) is 7.20. The van der Waals surface area contributed by atoms with E-state index < -0.39 is 23.4 Å². The molecule has 16 heavy (non-hydrogen) atoms. The third-order valence-corrected chi connectivity index (χ3v) is 4.39. The number of carbonyl (C=O) groups excluding carboxylic acids is 1. The first-order chi connectivity index (χ1) is 7.11. The lowest BCUT2D eigenvalue weighted by Crippen LogP contribution is -2.33. The molecular formula is C9H17Cl2O4P. The van der Waals surface area contributed by atoms with E-state index in [1.807, 2.05) is 0 Å². The van der Waals surface area contributed by atoms with Crippen molar-refractivity contribution in [2.24, 2.45) is 0 Å². The van der Waals surface area contributed by atoms with Gasteiger partial charge in [0.25, 0.3) is 4.07 Å². The number of halogens is 2. The maximum atomic E-state index is 11.6. The maximum absolute atomic E-state index is 11.6. The number of hydrogen-bond donors (Lipinski definition) is 0. The second-order valence-electron chi connectivity index (χ2n) is 4.14. The molecule has 0 rings (SSSR count). The Kier molecular flexibility index (Phi) is 6.34. The van der Waals surface area contributed by atoms with Gasteiger partial charge in [-0.2, -0.15) is 0 Å². The number of ether oxygens (including phenoxy) is 2. The minimum Gasteiger partial charge on any atom is -0.457 e. The molecule has 0 saturated carbocycles. The molecule has 7 heteroatoms. The van der Waals surface area contributed by atoms with Crippen LogP contribution in [0.5, 0.6) is 0 Å². The summed E-state index contributed by atoms with van der Waals surface area (Å²) in [5.41, 5.74) is -0.722. The second-order valence-corrected chi connectivity index (χ2v) is 7.98. The van der Waals surface area contributed by atoms with Crippen LogP contribution in [0.1, 0.15) is 27.7 Å². The van der Waals surface area contributed by atoms with Crippen molar-refractivity contribution >= 4 is 37.0 Å². The summed E-state index contributed by atoms with van der Waals surface area (Å²) in [6.45, 7) is 7.15. The fourth-order valence-corrected chi connectivity index (χ4v) is 2.00. The standard InChI is InChI=1S/C9H17Cl2O4P/c1-5-14-6-16(13)9(10,11)7(12)15-8(2,3)4/h16H,5-6H2,1-4H3. The molecule has 0 bridgehead atoms. The van der Waals surface area contributed by atoms with Crippen LogP contribution in [0, 0.1) is 0 Å². The number of carbonyl (C=O) groups is 1. The van der Waals surface area contributed by atoms with Gasteiger partial charge in [0, 0.05) is 6.61 Å². The molecule has 0 aliphatic carbocycles. The molecule has 0 aliphatic rings. The molecule has 4 nitrogen and oxygen atoms in total. The Hall–Kier alpha value is 0.240. The smallest absolute Gasteiger partial charge is 0.350 e. The van der Waals surface area contributed by atoms with E-state index >= 15 is 0 Å². The third kappa shape index (κ3) is 5.53. The summed E-state index contributed by atoms with van der Waals surface area (Å²) >= 11 is 11.4. The average Bonchev–Trinajstić information content (AvgIpc) is 2.11. The van der Waals surface area contributed by atoms with Crippen LogP contribution >= 0.6 is 31.0 Å². The van der Waals surface area contributed by atoms with Gasteiger partial charge < -0.3 is 14.0 Å². The average molecular weight is 291 g/mol. The van der Waals surface area contributed by atoms with Gasteiger partial charge in [0.05, 0.1) is 0 Å². The van der Waals surface area contributed by atoms with Crippen molar-refractivity contribution in [3.8, 4) is 0 Å². The summed E-state index contributed by atoms with van der Waals surface area (Å²) < 4.78 is 19.5. The van der Waals surface area contributed by atoms with Crippen molar-refractivity contribution in [2.75, 3.05) is 13.0 Å². The molecule has 0 radical (unpaired) electrons. The van der Waals surface area contributed by atoms with Gasteiger partial charge in [0.15, 0.2) is 0 Å². The molecule has 0 amide bonds. The lowest BCUT2D eigenvalue weighted by atomic mass is 10.2. The highest BCUT2D eigenvalue weighted by molar-refractivity contribution is 7.53. The Balaban J connectivity index is 4.52. The van der Waals surface area contributed by atoms with Gasteiger partial charge in [-0.05, 0) is 27.7 Å². The Bertz CT molecular complexity index is 273. The Morgan fingerprint density at radius 2 is 1.81 bits per heavy atom. The third-order valence-electron chi connectivity index (χ3n) is 1.44. The predicted octanol–water partition coefficient (Wildman–Crippen LogP) is 3.01. The fraction of sp³-hybridized carbons (Fsp3) is 0.889. The van der Waals surface area contributed by atoms with Gasteiger partial charge in [-0.25, -0.2) is 4.79 Å². The summed E-state index contributed by atoms with van der Waals surface area (Å²) in [7, 11) is -2.62. The van der Waals surface area contributed by atoms with Gasteiger partial charge in [-0.3, -0.25) is 0 Å². The molecule has 0 aromatic heterocycles. The van der Waals surface area contributed by atoms with Crippen LogP contribution in [-0.4, -0.2) is 28.6 Å². The van der Waals surface area contributed by atoms with Crippen LogP contribution in [0.3, 0.4) is 0 Å². The monoisotopic (exact) mass is 290 g/mol. The van der Waals surface area contributed by atoms with E-state index in [9.17, 15) is 9.36 Å². The lowest BCUT2D eigenvalue weighted by Gasteiger charge is -2.25. The van der Waals surface area contributed by atoms with Crippen LogP contribution in [-0.2, 0) is 18.8 Å². The lowest BCUT2D eigenvalue weighted by molar-refractivity contribution is -0.153. The highest BCUT2D eigenvalue weighted by Crippen LogP contribution is 2.47. The van der Waals surface area contributed by atoms with Crippen molar-refractivity contribution in [3.63, 3.8) is 0 Å². The molecule has 0 aliphatic heterocycles. The van der Waals surface area contributed by atoms with E-state index in [2.05, 4.69) is 0 Å². The van der Waals surface area contributed by atoms with Crippen molar-refractivity contribution < 1.29 is 18.8 Å². The van der Waals surface area contributed by atoms with Gasteiger partial charge in [-0.1, -0.05) is 23.2 Å². The van der Waals surface area contributed by atoms with Crippen LogP contribution < -0.4 is 0 Å². The largest absolute Gasteiger partial charge is 0.457 e. The molecule has 1 unspecified atom stereocenters. The first-order valence-electron chi connectivity index (χ1n) is 4.83. The zero-order valence-corrected chi connectivity index (χ0v) is 12.3.